The lowest BCUT2D eigenvalue weighted by Crippen LogP contribution is -2.46. The van der Waals surface area contributed by atoms with E-state index >= 15 is 0 Å². The SMILES string of the molecule is O=C(N[C@H]1CO[C@H]2[C@@H]1OC[C@@H]2n1nnnc1Oc1cccc(N2CCOCC2)c1)C1CCCCC1. The molecule has 1 N–H and O–H groups in total. The Hall–Kier alpha value is -2.76. The van der Waals surface area contributed by atoms with Crippen LogP contribution < -0.4 is 15.0 Å². The summed E-state index contributed by atoms with van der Waals surface area (Å²) in [6, 6.07) is 7.79. The number of morpholine rings is 1. The highest BCUT2D eigenvalue weighted by Gasteiger charge is 2.50. The van der Waals surface area contributed by atoms with Gasteiger partial charge in [-0.15, -0.1) is 0 Å². The summed E-state index contributed by atoms with van der Waals surface area (Å²) in [4.78, 5) is 15.0. The molecule has 0 spiro atoms. The molecule has 1 aromatic heterocycles. The summed E-state index contributed by atoms with van der Waals surface area (Å²) in [5.74, 6) is 0.885. The van der Waals surface area contributed by atoms with Gasteiger partial charge in [0.15, 0.2) is 0 Å². The van der Waals surface area contributed by atoms with Gasteiger partial charge in [-0.25, -0.2) is 0 Å². The van der Waals surface area contributed by atoms with Crippen LogP contribution in [-0.4, -0.2) is 83.9 Å². The van der Waals surface area contributed by atoms with Crippen LogP contribution in [0.25, 0.3) is 0 Å². The van der Waals surface area contributed by atoms with E-state index < -0.39 is 0 Å². The molecule has 0 radical (unpaired) electrons. The lowest BCUT2D eigenvalue weighted by molar-refractivity contribution is -0.127. The molecule has 3 aliphatic heterocycles. The number of carbonyl (C=O) groups is 1. The van der Waals surface area contributed by atoms with Crippen molar-refractivity contribution in [3.63, 3.8) is 0 Å². The number of hydrogen-bond acceptors (Lipinski definition) is 9. The number of ether oxygens (including phenoxy) is 4. The van der Waals surface area contributed by atoms with E-state index in [1.54, 1.807) is 4.68 Å². The topological polar surface area (TPSA) is 113 Å². The summed E-state index contributed by atoms with van der Waals surface area (Å²) in [7, 11) is 0. The van der Waals surface area contributed by atoms with E-state index in [-0.39, 0.29) is 42.1 Å². The first-order chi connectivity index (χ1) is 17.3. The van der Waals surface area contributed by atoms with Crippen molar-refractivity contribution in [2.75, 3.05) is 44.4 Å². The second kappa shape index (κ2) is 10.1. The molecule has 4 atom stereocenters. The van der Waals surface area contributed by atoms with Crippen molar-refractivity contribution < 1.29 is 23.7 Å². The molecule has 35 heavy (non-hydrogen) atoms. The van der Waals surface area contributed by atoms with E-state index in [9.17, 15) is 4.79 Å². The van der Waals surface area contributed by atoms with Crippen LogP contribution in [0.15, 0.2) is 24.3 Å². The average Bonchev–Trinajstić information content (AvgIpc) is 3.63. The van der Waals surface area contributed by atoms with Gasteiger partial charge in [0.2, 0.25) is 5.91 Å². The number of carbonyl (C=O) groups excluding carboxylic acids is 1. The van der Waals surface area contributed by atoms with Crippen LogP contribution in [0.2, 0.25) is 0 Å². The van der Waals surface area contributed by atoms with Crippen molar-refractivity contribution in [1.29, 1.82) is 0 Å². The first-order valence-corrected chi connectivity index (χ1v) is 12.7. The van der Waals surface area contributed by atoms with E-state index in [2.05, 4.69) is 31.8 Å². The standard InChI is InChI=1S/C24H32N6O5/c31-23(16-5-2-1-3-6-16)25-19-14-33-22-20(15-34-21(19)22)30-24(26-27-28-30)35-18-8-4-7-17(13-18)29-9-11-32-12-10-29/h4,7-8,13,16,19-22H,1-3,5-6,9-12,14-15H2,(H,25,31)/t19-,20-,21+,22+/m0/s1. The van der Waals surface area contributed by atoms with Crippen LogP contribution in [0, 0.1) is 5.92 Å². The molecule has 4 heterocycles. The lowest BCUT2D eigenvalue weighted by atomic mass is 9.88. The Morgan fingerprint density at radius 3 is 2.74 bits per heavy atom. The van der Waals surface area contributed by atoms with Gasteiger partial charge in [0.1, 0.15) is 24.0 Å². The third-order valence-corrected chi connectivity index (χ3v) is 7.51. The van der Waals surface area contributed by atoms with Gasteiger partial charge < -0.3 is 29.2 Å². The van der Waals surface area contributed by atoms with E-state index in [4.69, 9.17) is 18.9 Å². The monoisotopic (exact) mass is 484 g/mol. The zero-order valence-electron chi connectivity index (χ0n) is 19.8. The smallest absolute Gasteiger partial charge is 0.341 e. The zero-order chi connectivity index (χ0) is 23.6. The second-order valence-electron chi connectivity index (χ2n) is 9.72. The number of hydrogen-bond donors (Lipinski definition) is 1. The fourth-order valence-electron chi connectivity index (χ4n) is 5.61. The molecule has 0 bridgehead atoms. The molecule has 2 aromatic rings. The summed E-state index contributed by atoms with van der Waals surface area (Å²) in [6.07, 6.45) is 4.93. The maximum atomic E-state index is 12.8. The Morgan fingerprint density at radius 1 is 1.06 bits per heavy atom. The molecule has 1 saturated carbocycles. The Balaban J connectivity index is 1.11. The summed E-state index contributed by atoms with van der Waals surface area (Å²) < 4.78 is 25.4. The first-order valence-electron chi connectivity index (χ1n) is 12.7. The molecule has 1 aliphatic carbocycles. The number of nitrogens with zero attached hydrogens (tertiary/aromatic N) is 5. The van der Waals surface area contributed by atoms with Crippen molar-refractivity contribution in [3.8, 4) is 11.8 Å². The van der Waals surface area contributed by atoms with Crippen molar-refractivity contribution in [1.82, 2.24) is 25.5 Å². The van der Waals surface area contributed by atoms with Crippen molar-refractivity contribution in [3.05, 3.63) is 24.3 Å². The molecule has 1 amide bonds. The third kappa shape index (κ3) is 4.72. The number of benzene rings is 1. The molecular weight excluding hydrogens is 452 g/mol. The second-order valence-corrected chi connectivity index (χ2v) is 9.72. The first kappa shape index (κ1) is 22.7. The van der Waals surface area contributed by atoms with Gasteiger partial charge in [0.05, 0.1) is 32.5 Å². The van der Waals surface area contributed by atoms with Gasteiger partial charge in [-0.2, -0.15) is 4.68 Å². The van der Waals surface area contributed by atoms with Crippen molar-refractivity contribution >= 4 is 11.6 Å². The lowest BCUT2D eigenvalue weighted by Gasteiger charge is -2.29. The van der Waals surface area contributed by atoms with Crippen LogP contribution in [0.3, 0.4) is 0 Å². The number of rotatable bonds is 6. The highest BCUT2D eigenvalue weighted by Crippen LogP contribution is 2.36. The third-order valence-electron chi connectivity index (χ3n) is 7.51. The van der Waals surface area contributed by atoms with Gasteiger partial charge in [0.25, 0.3) is 0 Å². The Kier molecular flexibility index (Phi) is 6.53. The van der Waals surface area contributed by atoms with Crippen LogP contribution >= 0.6 is 0 Å². The molecule has 4 aliphatic rings. The molecule has 1 aromatic carbocycles. The minimum atomic E-state index is -0.253. The highest BCUT2D eigenvalue weighted by molar-refractivity contribution is 5.79. The number of fused-ring (bicyclic) bond motifs is 1. The van der Waals surface area contributed by atoms with E-state index in [1.165, 1.54) is 6.42 Å². The van der Waals surface area contributed by atoms with Crippen molar-refractivity contribution in [2.45, 2.75) is 56.4 Å². The van der Waals surface area contributed by atoms with Crippen molar-refractivity contribution in [2.24, 2.45) is 5.92 Å². The number of tetrazole rings is 1. The van der Waals surface area contributed by atoms with Gasteiger partial charge in [-0.1, -0.05) is 30.4 Å². The van der Waals surface area contributed by atoms with Crippen LogP contribution in [-0.2, 0) is 19.0 Å². The normalized spacial score (nSPS) is 29.2. The molecule has 3 saturated heterocycles. The predicted molar refractivity (Wildman–Crippen MR) is 124 cm³/mol. The molecule has 6 rings (SSSR count). The Bertz CT molecular complexity index is 1020. The maximum absolute atomic E-state index is 12.8. The molecule has 11 nitrogen and oxygen atoms in total. The number of anilines is 1. The molecule has 4 fully saturated rings. The van der Waals surface area contributed by atoms with E-state index in [1.807, 2.05) is 18.2 Å². The fourth-order valence-corrected chi connectivity index (χ4v) is 5.61. The molecule has 0 unspecified atom stereocenters. The van der Waals surface area contributed by atoms with Gasteiger partial charge in [-0.05, 0) is 35.4 Å². The highest BCUT2D eigenvalue weighted by atomic mass is 16.6. The summed E-state index contributed by atoms with van der Waals surface area (Å²) in [5, 5.41) is 15.3. The Morgan fingerprint density at radius 2 is 1.89 bits per heavy atom. The van der Waals surface area contributed by atoms with E-state index in [0.29, 0.717) is 19.0 Å². The minimum absolute atomic E-state index is 0.104. The predicted octanol–water partition coefficient (Wildman–Crippen LogP) is 1.71. The summed E-state index contributed by atoms with van der Waals surface area (Å²) in [5.41, 5.74) is 1.07. The van der Waals surface area contributed by atoms with Gasteiger partial charge in [-0.3, -0.25) is 4.79 Å². The number of aromatic nitrogens is 4. The van der Waals surface area contributed by atoms with Crippen LogP contribution in [0.1, 0.15) is 38.1 Å². The largest absolute Gasteiger partial charge is 0.423 e. The van der Waals surface area contributed by atoms with Gasteiger partial charge >= 0.3 is 6.01 Å². The van der Waals surface area contributed by atoms with Crippen LogP contribution in [0.4, 0.5) is 5.69 Å². The van der Waals surface area contributed by atoms with Gasteiger partial charge in [0, 0.05) is 30.8 Å². The summed E-state index contributed by atoms with van der Waals surface area (Å²) >= 11 is 0. The van der Waals surface area contributed by atoms with E-state index in [0.717, 1.165) is 57.7 Å². The molecular formula is C24H32N6O5. The Labute approximate surface area is 204 Å². The quantitative estimate of drug-likeness (QED) is 0.655. The minimum Gasteiger partial charge on any atom is -0.423 e. The maximum Gasteiger partial charge on any atom is 0.341 e. The summed E-state index contributed by atoms with van der Waals surface area (Å²) in [6.45, 7) is 3.94. The van der Waals surface area contributed by atoms with Crippen LogP contribution in [0.5, 0.6) is 11.8 Å². The number of amides is 1. The molecule has 11 heteroatoms. The zero-order valence-corrected chi connectivity index (χ0v) is 19.8. The fraction of sp³-hybridized carbons (Fsp3) is 0.667. The number of nitrogens with one attached hydrogen (secondary N) is 1. The molecule has 188 valence electrons. The average molecular weight is 485 g/mol.